The number of thioether (sulfide) groups is 1. The number of halogens is 2. The highest BCUT2D eigenvalue weighted by molar-refractivity contribution is 8.00. The molecule has 1 atom stereocenters. The number of benzene rings is 1. The maximum absolute atomic E-state index is 12.5. The van der Waals surface area contributed by atoms with E-state index in [1.54, 1.807) is 6.07 Å². The molecule has 130 valence electrons. The lowest BCUT2D eigenvalue weighted by Crippen LogP contribution is -2.23. The first-order valence-corrected chi connectivity index (χ1v) is 9.37. The minimum Gasteiger partial charge on any atom is -0.319 e. The van der Waals surface area contributed by atoms with Crippen LogP contribution in [-0.2, 0) is 11.3 Å². The summed E-state index contributed by atoms with van der Waals surface area (Å²) in [6.07, 6.45) is 1.44. The van der Waals surface area contributed by atoms with Crippen LogP contribution in [0, 0.1) is 0 Å². The van der Waals surface area contributed by atoms with E-state index in [4.69, 9.17) is 23.2 Å². The van der Waals surface area contributed by atoms with Gasteiger partial charge in [0.15, 0.2) is 11.0 Å². The van der Waals surface area contributed by atoms with Crippen molar-refractivity contribution in [2.24, 2.45) is 0 Å². The smallest absolute Gasteiger partial charge is 0.238 e. The molecule has 0 fully saturated rings. The van der Waals surface area contributed by atoms with Crippen molar-refractivity contribution in [2.75, 3.05) is 5.32 Å². The van der Waals surface area contributed by atoms with Crippen LogP contribution >= 0.6 is 35.0 Å². The Labute approximate surface area is 159 Å². The third-order valence-electron chi connectivity index (χ3n) is 3.64. The maximum Gasteiger partial charge on any atom is 0.238 e. The van der Waals surface area contributed by atoms with Crippen molar-refractivity contribution in [3.63, 3.8) is 0 Å². The number of imidazole rings is 1. The predicted molar refractivity (Wildman–Crippen MR) is 104 cm³/mol. The second-order valence-electron chi connectivity index (χ2n) is 5.36. The number of carbonyl (C=O) groups excluding carboxylic acids is 1. The summed E-state index contributed by atoms with van der Waals surface area (Å²) >= 11 is 13.3. The van der Waals surface area contributed by atoms with Crippen LogP contribution in [0.5, 0.6) is 0 Å². The minimum atomic E-state index is -0.365. The number of amides is 1. The summed E-state index contributed by atoms with van der Waals surface area (Å²) in [4.78, 5) is 21.1. The van der Waals surface area contributed by atoms with E-state index in [0.717, 1.165) is 22.7 Å². The average Bonchev–Trinajstić information content (AvgIpc) is 2.94. The summed E-state index contributed by atoms with van der Waals surface area (Å²) in [7, 11) is 0. The lowest BCUT2D eigenvalue weighted by molar-refractivity contribution is -0.115. The van der Waals surface area contributed by atoms with E-state index in [-0.39, 0.29) is 11.2 Å². The number of nitrogens with zero attached hydrogens (tertiary/aromatic N) is 3. The first-order valence-electron chi connectivity index (χ1n) is 7.73. The second-order valence-corrected chi connectivity index (χ2v) is 7.51. The highest BCUT2D eigenvalue weighted by Crippen LogP contribution is 2.29. The summed E-state index contributed by atoms with van der Waals surface area (Å²) in [5.74, 6) is 0.101. The number of rotatable bonds is 5. The third-order valence-corrected chi connectivity index (χ3v) is 5.22. The Kier molecular flexibility index (Phi) is 5.51. The van der Waals surface area contributed by atoms with Crippen molar-refractivity contribution in [3.05, 3.63) is 46.6 Å². The quantitative estimate of drug-likeness (QED) is 0.626. The third kappa shape index (κ3) is 3.92. The van der Waals surface area contributed by atoms with Gasteiger partial charge in [0, 0.05) is 12.7 Å². The monoisotopic (exact) mass is 394 g/mol. The normalized spacial score (nSPS) is 12.3. The van der Waals surface area contributed by atoms with Crippen LogP contribution in [0.15, 0.2) is 41.7 Å². The van der Waals surface area contributed by atoms with Crippen LogP contribution in [0.2, 0.25) is 10.0 Å². The lowest BCUT2D eigenvalue weighted by Gasteiger charge is -2.13. The Hall–Kier alpha value is -1.76. The molecule has 3 aromatic rings. The molecule has 1 aromatic carbocycles. The molecule has 1 N–H and O–H groups in total. The van der Waals surface area contributed by atoms with Gasteiger partial charge in [0.05, 0.1) is 26.3 Å². The molecule has 3 rings (SSSR count). The Morgan fingerprint density at radius 2 is 2.12 bits per heavy atom. The molecule has 0 saturated carbocycles. The zero-order valence-electron chi connectivity index (χ0n) is 13.7. The summed E-state index contributed by atoms with van der Waals surface area (Å²) < 4.78 is 2.09. The maximum atomic E-state index is 12.5. The number of nitrogens with one attached hydrogen (secondary N) is 1. The van der Waals surface area contributed by atoms with E-state index in [1.807, 2.05) is 31.2 Å². The van der Waals surface area contributed by atoms with Gasteiger partial charge in [-0.15, -0.1) is 0 Å². The first-order chi connectivity index (χ1) is 12.0. The van der Waals surface area contributed by atoms with Crippen LogP contribution in [0.25, 0.3) is 11.0 Å². The molecular weight excluding hydrogens is 379 g/mol. The number of aromatic nitrogens is 3. The summed E-state index contributed by atoms with van der Waals surface area (Å²) in [6.45, 7) is 4.66. The number of pyridine rings is 1. The molecule has 0 aliphatic carbocycles. The molecule has 2 aromatic heterocycles. The van der Waals surface area contributed by atoms with Crippen molar-refractivity contribution < 1.29 is 4.79 Å². The molecule has 1 unspecified atom stereocenters. The SMILES string of the molecule is CCn1c(SC(C)C(=O)Nc2ncc(Cl)cc2Cl)nc2ccccc21. The van der Waals surface area contributed by atoms with E-state index in [0.29, 0.717) is 15.9 Å². The Morgan fingerprint density at radius 1 is 1.36 bits per heavy atom. The number of hydrogen-bond donors (Lipinski definition) is 1. The fourth-order valence-electron chi connectivity index (χ4n) is 2.39. The molecule has 0 radical (unpaired) electrons. The van der Waals surface area contributed by atoms with E-state index < -0.39 is 0 Å². The van der Waals surface area contributed by atoms with Gasteiger partial charge < -0.3 is 9.88 Å². The van der Waals surface area contributed by atoms with Gasteiger partial charge in [-0.05, 0) is 32.0 Å². The molecule has 25 heavy (non-hydrogen) atoms. The number of para-hydroxylation sites is 2. The number of hydrogen-bond acceptors (Lipinski definition) is 4. The van der Waals surface area contributed by atoms with Crippen LogP contribution < -0.4 is 5.32 Å². The Bertz CT molecular complexity index is 928. The molecule has 0 bridgehead atoms. The first kappa shape index (κ1) is 18.0. The molecule has 5 nitrogen and oxygen atoms in total. The summed E-state index contributed by atoms with van der Waals surface area (Å²) in [5.41, 5.74) is 1.98. The van der Waals surface area contributed by atoms with Crippen molar-refractivity contribution in [3.8, 4) is 0 Å². The molecule has 1 amide bonds. The molecule has 0 spiro atoms. The molecule has 0 aliphatic heterocycles. The molecule has 2 heterocycles. The zero-order chi connectivity index (χ0) is 18.0. The van der Waals surface area contributed by atoms with Gasteiger partial charge in [0.2, 0.25) is 5.91 Å². The predicted octanol–water partition coefficient (Wildman–Crippen LogP) is 4.88. The topological polar surface area (TPSA) is 59.8 Å². The Balaban J connectivity index is 1.77. The highest BCUT2D eigenvalue weighted by Gasteiger charge is 2.20. The standard InChI is InChI=1S/C17H16Cl2N4OS/c1-3-23-14-7-5-4-6-13(14)21-17(23)25-10(2)16(24)22-15-12(19)8-11(18)9-20-15/h4-10H,3H2,1-2H3,(H,20,22,24). The Morgan fingerprint density at radius 3 is 2.84 bits per heavy atom. The second kappa shape index (κ2) is 7.64. The van der Waals surface area contributed by atoms with Crippen molar-refractivity contribution in [1.29, 1.82) is 0 Å². The van der Waals surface area contributed by atoms with E-state index in [1.165, 1.54) is 18.0 Å². The fourth-order valence-corrected chi connectivity index (χ4v) is 3.80. The van der Waals surface area contributed by atoms with E-state index in [9.17, 15) is 4.79 Å². The largest absolute Gasteiger partial charge is 0.319 e. The molecule has 8 heteroatoms. The van der Waals surface area contributed by atoms with Crippen molar-refractivity contribution in [2.45, 2.75) is 30.8 Å². The number of fused-ring (bicyclic) bond motifs is 1. The molecule has 0 saturated heterocycles. The van der Waals surface area contributed by atoms with Gasteiger partial charge in [-0.1, -0.05) is 47.1 Å². The van der Waals surface area contributed by atoms with Crippen LogP contribution in [-0.4, -0.2) is 25.7 Å². The van der Waals surface area contributed by atoms with E-state index >= 15 is 0 Å². The van der Waals surface area contributed by atoms with Gasteiger partial charge in [0.1, 0.15) is 0 Å². The van der Waals surface area contributed by atoms with Crippen molar-refractivity contribution in [1.82, 2.24) is 14.5 Å². The minimum absolute atomic E-state index is 0.198. The lowest BCUT2D eigenvalue weighted by atomic mass is 10.3. The van der Waals surface area contributed by atoms with Gasteiger partial charge in [-0.3, -0.25) is 4.79 Å². The number of carbonyl (C=O) groups is 1. The van der Waals surface area contributed by atoms with Gasteiger partial charge in [-0.2, -0.15) is 0 Å². The van der Waals surface area contributed by atoms with Gasteiger partial charge in [-0.25, -0.2) is 9.97 Å². The van der Waals surface area contributed by atoms with Gasteiger partial charge in [0.25, 0.3) is 0 Å². The fraction of sp³-hybridized carbons (Fsp3) is 0.235. The molecule has 0 aliphatic rings. The zero-order valence-corrected chi connectivity index (χ0v) is 16.0. The average molecular weight is 395 g/mol. The number of anilines is 1. The van der Waals surface area contributed by atoms with Crippen molar-refractivity contribution >= 4 is 57.7 Å². The summed E-state index contributed by atoms with van der Waals surface area (Å²) in [5, 5.41) is 3.90. The van der Waals surface area contributed by atoms with Gasteiger partial charge >= 0.3 is 0 Å². The van der Waals surface area contributed by atoms with Crippen LogP contribution in [0.4, 0.5) is 5.82 Å². The molecular formula is C17H16Cl2N4OS. The van der Waals surface area contributed by atoms with Crippen LogP contribution in [0.1, 0.15) is 13.8 Å². The highest BCUT2D eigenvalue weighted by atomic mass is 35.5. The van der Waals surface area contributed by atoms with Crippen LogP contribution in [0.3, 0.4) is 0 Å². The van der Waals surface area contributed by atoms with E-state index in [2.05, 4.69) is 26.8 Å². The summed E-state index contributed by atoms with van der Waals surface area (Å²) in [6, 6.07) is 9.47. The number of aryl methyl sites for hydroxylation is 1.